The third-order valence-electron chi connectivity index (χ3n) is 3.26. The summed E-state index contributed by atoms with van der Waals surface area (Å²) < 4.78 is 0. The van der Waals surface area contributed by atoms with Gasteiger partial charge in [-0.1, -0.05) is 62.2 Å². The number of allylic oxidation sites excluding steroid dienone is 1. The van der Waals surface area contributed by atoms with Gasteiger partial charge in [-0.05, 0) is 50.3 Å². The molecule has 120 valence electrons. The largest absolute Gasteiger partial charge is 0.264 e. The maximum absolute atomic E-state index is 3.96. The molecule has 0 aliphatic heterocycles. The minimum Gasteiger partial charge on any atom is -0.264 e. The van der Waals surface area contributed by atoms with Crippen LogP contribution >= 0.6 is 0 Å². The topological polar surface area (TPSA) is 12.9 Å². The summed E-state index contributed by atoms with van der Waals surface area (Å²) in [6.45, 7) is 14.2. The molecular formula is C21H31N. The lowest BCUT2D eigenvalue weighted by Gasteiger charge is -1.94. The molecule has 0 saturated carbocycles. The van der Waals surface area contributed by atoms with Crippen LogP contribution in [-0.4, -0.2) is 4.98 Å². The first-order valence-electron chi connectivity index (χ1n) is 8.12. The predicted molar refractivity (Wildman–Crippen MR) is 99.3 cm³/mol. The van der Waals surface area contributed by atoms with E-state index >= 15 is 0 Å². The Morgan fingerprint density at radius 2 is 1.50 bits per heavy atom. The van der Waals surface area contributed by atoms with E-state index in [1.807, 2.05) is 19.2 Å². The summed E-state index contributed by atoms with van der Waals surface area (Å²) in [6, 6.07) is 12.7. The molecule has 1 heterocycles. The molecule has 1 aromatic carbocycles. The van der Waals surface area contributed by atoms with Crippen molar-refractivity contribution < 1.29 is 0 Å². The van der Waals surface area contributed by atoms with E-state index in [1.54, 1.807) is 6.20 Å². The highest BCUT2D eigenvalue weighted by atomic mass is 14.6. The van der Waals surface area contributed by atoms with Gasteiger partial charge in [0, 0.05) is 12.4 Å². The Labute approximate surface area is 137 Å². The minimum absolute atomic E-state index is 1.08. The highest BCUT2D eigenvalue weighted by Gasteiger charge is 1.85. The van der Waals surface area contributed by atoms with E-state index in [0.717, 1.165) is 19.3 Å². The average molecular weight is 297 g/mol. The lowest BCUT2D eigenvalue weighted by molar-refractivity contribution is 1.10. The van der Waals surface area contributed by atoms with Crippen molar-refractivity contribution in [3.8, 4) is 0 Å². The molecule has 0 spiro atoms. The van der Waals surface area contributed by atoms with Crippen LogP contribution in [0.1, 0.15) is 50.8 Å². The van der Waals surface area contributed by atoms with Crippen LogP contribution < -0.4 is 0 Å². The van der Waals surface area contributed by atoms with Crippen molar-refractivity contribution in [2.45, 2.75) is 53.9 Å². The molecule has 0 amide bonds. The van der Waals surface area contributed by atoms with Crippen molar-refractivity contribution in [2.24, 2.45) is 0 Å². The molecular weight excluding hydrogens is 266 g/mol. The molecule has 0 N–H and O–H groups in total. The number of hydrogen-bond donors (Lipinski definition) is 0. The molecule has 1 heteroatoms. The van der Waals surface area contributed by atoms with Gasteiger partial charge >= 0.3 is 0 Å². The van der Waals surface area contributed by atoms with E-state index in [0.29, 0.717) is 0 Å². The van der Waals surface area contributed by atoms with E-state index in [2.05, 4.69) is 69.6 Å². The number of aryl methyl sites for hydroxylation is 3. The van der Waals surface area contributed by atoms with Gasteiger partial charge in [0.15, 0.2) is 0 Å². The Balaban J connectivity index is 0.000000315. The number of nitrogens with zero attached hydrogens (tertiary/aromatic N) is 1. The van der Waals surface area contributed by atoms with Crippen molar-refractivity contribution in [2.75, 3.05) is 0 Å². The highest BCUT2D eigenvalue weighted by Crippen LogP contribution is 2.02. The SMILES string of the molecule is C=C(C)CC.CCc1ccc(C)cc1.CCc1cccnc1. The third-order valence-corrected chi connectivity index (χ3v) is 3.26. The summed E-state index contributed by atoms with van der Waals surface area (Å²) in [5.74, 6) is 0. The second-order valence-electron chi connectivity index (χ2n) is 5.36. The van der Waals surface area contributed by atoms with Crippen LogP contribution in [0.5, 0.6) is 0 Å². The Morgan fingerprint density at radius 3 is 1.82 bits per heavy atom. The number of hydrogen-bond acceptors (Lipinski definition) is 1. The maximum atomic E-state index is 3.96. The Bertz CT molecular complexity index is 497. The number of aromatic nitrogens is 1. The smallest absolute Gasteiger partial charge is 0.0299 e. The number of benzene rings is 1. The molecule has 0 aliphatic carbocycles. The fourth-order valence-corrected chi connectivity index (χ4v) is 1.43. The van der Waals surface area contributed by atoms with Gasteiger partial charge in [-0.15, -0.1) is 6.58 Å². The van der Waals surface area contributed by atoms with Crippen LogP contribution in [0.25, 0.3) is 0 Å². The van der Waals surface area contributed by atoms with Crippen LogP contribution in [0.3, 0.4) is 0 Å². The second-order valence-corrected chi connectivity index (χ2v) is 5.36. The molecule has 1 nitrogen and oxygen atoms in total. The Morgan fingerprint density at radius 1 is 0.955 bits per heavy atom. The average Bonchev–Trinajstić information content (AvgIpc) is 2.57. The van der Waals surface area contributed by atoms with Crippen LogP contribution in [-0.2, 0) is 12.8 Å². The maximum Gasteiger partial charge on any atom is 0.0299 e. The van der Waals surface area contributed by atoms with Crippen LogP contribution in [0.2, 0.25) is 0 Å². The van der Waals surface area contributed by atoms with Crippen LogP contribution in [0, 0.1) is 6.92 Å². The molecule has 0 bridgehead atoms. The minimum atomic E-state index is 1.08. The van der Waals surface area contributed by atoms with Crippen molar-refractivity contribution in [3.05, 3.63) is 77.6 Å². The van der Waals surface area contributed by atoms with E-state index in [4.69, 9.17) is 0 Å². The molecule has 0 aliphatic rings. The lowest BCUT2D eigenvalue weighted by Crippen LogP contribution is -1.77. The van der Waals surface area contributed by atoms with E-state index in [9.17, 15) is 0 Å². The van der Waals surface area contributed by atoms with Gasteiger partial charge in [-0.2, -0.15) is 0 Å². The number of rotatable bonds is 3. The van der Waals surface area contributed by atoms with E-state index < -0.39 is 0 Å². The second kappa shape index (κ2) is 12.8. The van der Waals surface area contributed by atoms with Crippen LogP contribution in [0.15, 0.2) is 60.9 Å². The van der Waals surface area contributed by atoms with Crippen molar-refractivity contribution in [3.63, 3.8) is 0 Å². The molecule has 0 fully saturated rings. The van der Waals surface area contributed by atoms with E-state index in [-0.39, 0.29) is 0 Å². The van der Waals surface area contributed by atoms with Crippen molar-refractivity contribution in [1.29, 1.82) is 0 Å². The Hall–Kier alpha value is -1.89. The van der Waals surface area contributed by atoms with Gasteiger partial charge in [0.05, 0.1) is 0 Å². The molecule has 22 heavy (non-hydrogen) atoms. The molecule has 2 aromatic rings. The van der Waals surface area contributed by atoms with Crippen molar-refractivity contribution in [1.82, 2.24) is 4.98 Å². The predicted octanol–water partition coefficient (Wildman–Crippen LogP) is 6.17. The fourth-order valence-electron chi connectivity index (χ4n) is 1.43. The van der Waals surface area contributed by atoms with Gasteiger partial charge in [0.25, 0.3) is 0 Å². The van der Waals surface area contributed by atoms with Gasteiger partial charge < -0.3 is 0 Å². The zero-order valence-corrected chi connectivity index (χ0v) is 14.9. The summed E-state index contributed by atoms with van der Waals surface area (Å²) in [7, 11) is 0. The molecule has 0 saturated heterocycles. The molecule has 0 unspecified atom stereocenters. The molecule has 2 rings (SSSR count). The van der Waals surface area contributed by atoms with Gasteiger partial charge in [-0.3, -0.25) is 4.98 Å². The normalized spacial score (nSPS) is 8.95. The third kappa shape index (κ3) is 10.8. The molecule has 0 atom stereocenters. The fraction of sp³-hybridized carbons (Fsp3) is 0.381. The first-order chi connectivity index (χ1) is 10.5. The van der Waals surface area contributed by atoms with E-state index in [1.165, 1.54) is 22.3 Å². The first-order valence-corrected chi connectivity index (χ1v) is 8.12. The quantitative estimate of drug-likeness (QED) is 0.617. The summed E-state index contributed by atoms with van der Waals surface area (Å²) >= 11 is 0. The van der Waals surface area contributed by atoms with Gasteiger partial charge in [0.1, 0.15) is 0 Å². The highest BCUT2D eigenvalue weighted by molar-refractivity contribution is 5.20. The first kappa shape index (κ1) is 20.1. The summed E-state index contributed by atoms with van der Waals surface area (Å²) in [5, 5.41) is 0. The summed E-state index contributed by atoms with van der Waals surface area (Å²) in [4.78, 5) is 3.96. The van der Waals surface area contributed by atoms with Crippen LogP contribution in [0.4, 0.5) is 0 Å². The van der Waals surface area contributed by atoms with Crippen molar-refractivity contribution >= 4 is 0 Å². The van der Waals surface area contributed by atoms with Gasteiger partial charge in [-0.25, -0.2) is 0 Å². The van der Waals surface area contributed by atoms with Gasteiger partial charge in [0.2, 0.25) is 0 Å². The summed E-state index contributed by atoms with van der Waals surface area (Å²) in [5.41, 5.74) is 5.31. The lowest BCUT2D eigenvalue weighted by atomic mass is 10.1. The molecule has 1 aromatic heterocycles. The number of pyridine rings is 1. The standard InChI is InChI=1S/C9H12.C7H9N.C5H10/c1-3-9-6-4-8(2)5-7-9;1-2-7-4-3-5-8-6-7;1-4-5(2)3/h4-7H,3H2,1-2H3;3-6H,2H2,1H3;2,4H2,1,3H3. The Kier molecular flexibility index (Phi) is 11.7. The molecule has 0 radical (unpaired) electrons. The zero-order chi connectivity index (χ0) is 16.8. The zero-order valence-electron chi connectivity index (χ0n) is 14.9. The summed E-state index contributed by atoms with van der Waals surface area (Å²) in [6.07, 6.45) is 7.01. The monoisotopic (exact) mass is 297 g/mol.